The maximum atomic E-state index is 9.84. The third kappa shape index (κ3) is 1.74. The van der Waals surface area contributed by atoms with Gasteiger partial charge < -0.3 is 10.8 Å². The summed E-state index contributed by atoms with van der Waals surface area (Å²) in [7, 11) is 0. The molecule has 0 aliphatic heterocycles. The van der Waals surface area contributed by atoms with E-state index in [2.05, 4.69) is 19.9 Å². The molecule has 2 nitrogen and oxygen atoms in total. The largest absolute Gasteiger partial charge is 0.508 e. The van der Waals surface area contributed by atoms with Crippen molar-refractivity contribution in [3.8, 4) is 5.75 Å². The molecule has 0 aromatic heterocycles. The van der Waals surface area contributed by atoms with Gasteiger partial charge in [-0.3, -0.25) is 0 Å². The monoisotopic (exact) mass is 205 g/mol. The second kappa shape index (κ2) is 3.53. The molecule has 3 N–H and O–H groups in total. The van der Waals surface area contributed by atoms with E-state index in [4.69, 9.17) is 5.73 Å². The van der Waals surface area contributed by atoms with Crippen LogP contribution in [0, 0.1) is 0 Å². The fourth-order valence-corrected chi connectivity index (χ4v) is 2.14. The molecule has 0 radical (unpaired) electrons. The molecule has 1 saturated carbocycles. The van der Waals surface area contributed by atoms with Crippen LogP contribution in [-0.4, -0.2) is 5.11 Å². The number of benzene rings is 1. The quantitative estimate of drug-likeness (QED) is 0.779. The molecule has 0 bridgehead atoms. The van der Waals surface area contributed by atoms with Crippen LogP contribution in [0.15, 0.2) is 18.2 Å². The fourth-order valence-electron chi connectivity index (χ4n) is 2.14. The molecular formula is C13H19NO. The van der Waals surface area contributed by atoms with Gasteiger partial charge in [-0.1, -0.05) is 19.9 Å². The summed E-state index contributed by atoms with van der Waals surface area (Å²) in [4.78, 5) is 0. The van der Waals surface area contributed by atoms with Crippen LogP contribution in [0.1, 0.15) is 50.2 Å². The molecule has 82 valence electrons. The lowest BCUT2D eigenvalue weighted by atomic mass is 9.72. The predicted octanol–water partition coefficient (Wildman–Crippen LogP) is 2.85. The van der Waals surface area contributed by atoms with Gasteiger partial charge in [-0.05, 0) is 42.9 Å². The molecular weight excluding hydrogens is 186 g/mol. The second-order valence-electron chi connectivity index (χ2n) is 4.94. The molecule has 1 aromatic carbocycles. The fraction of sp³-hybridized carbons (Fsp3) is 0.538. The Hall–Kier alpha value is -1.02. The van der Waals surface area contributed by atoms with Crippen molar-refractivity contribution < 1.29 is 5.11 Å². The maximum absolute atomic E-state index is 9.84. The van der Waals surface area contributed by atoms with Crippen molar-refractivity contribution in [2.24, 2.45) is 5.73 Å². The van der Waals surface area contributed by atoms with Crippen LogP contribution in [0.5, 0.6) is 5.75 Å². The van der Waals surface area contributed by atoms with Gasteiger partial charge >= 0.3 is 0 Å². The van der Waals surface area contributed by atoms with E-state index in [0.717, 1.165) is 18.4 Å². The van der Waals surface area contributed by atoms with Crippen LogP contribution < -0.4 is 5.73 Å². The molecule has 15 heavy (non-hydrogen) atoms. The first-order chi connectivity index (χ1) is 7.03. The zero-order chi connectivity index (χ0) is 11.1. The molecule has 1 aliphatic carbocycles. The number of hydrogen-bond donors (Lipinski definition) is 2. The molecule has 0 amide bonds. The Kier molecular flexibility index (Phi) is 2.47. The van der Waals surface area contributed by atoms with Crippen molar-refractivity contribution in [3.05, 3.63) is 29.3 Å². The average Bonchev–Trinajstić information content (AvgIpc) is 2.14. The summed E-state index contributed by atoms with van der Waals surface area (Å²) < 4.78 is 0. The number of phenols is 1. The number of nitrogens with two attached hydrogens (primary N) is 1. The molecule has 2 rings (SSSR count). The van der Waals surface area contributed by atoms with E-state index in [-0.39, 0.29) is 5.54 Å². The lowest BCUT2D eigenvalue weighted by molar-refractivity contribution is 0.245. The predicted molar refractivity (Wildman–Crippen MR) is 61.9 cm³/mol. The van der Waals surface area contributed by atoms with Crippen molar-refractivity contribution >= 4 is 0 Å². The topological polar surface area (TPSA) is 46.2 Å². The van der Waals surface area contributed by atoms with Crippen molar-refractivity contribution in [2.75, 3.05) is 0 Å². The van der Waals surface area contributed by atoms with Crippen LogP contribution in [0.25, 0.3) is 0 Å². The molecule has 1 aromatic rings. The minimum Gasteiger partial charge on any atom is -0.508 e. The van der Waals surface area contributed by atoms with E-state index in [0.29, 0.717) is 11.7 Å². The number of aromatic hydroxyl groups is 1. The van der Waals surface area contributed by atoms with E-state index in [1.165, 1.54) is 12.0 Å². The minimum atomic E-state index is -0.269. The zero-order valence-corrected chi connectivity index (χ0v) is 9.46. The van der Waals surface area contributed by atoms with Gasteiger partial charge in [0, 0.05) is 11.1 Å². The summed E-state index contributed by atoms with van der Waals surface area (Å²) in [5.41, 5.74) is 8.15. The lowest BCUT2D eigenvalue weighted by Crippen LogP contribution is -2.43. The van der Waals surface area contributed by atoms with Crippen molar-refractivity contribution in [1.82, 2.24) is 0 Å². The third-order valence-corrected chi connectivity index (χ3v) is 3.47. The highest BCUT2D eigenvalue weighted by molar-refractivity contribution is 5.43. The van der Waals surface area contributed by atoms with Gasteiger partial charge in [-0.15, -0.1) is 0 Å². The Morgan fingerprint density at radius 3 is 2.47 bits per heavy atom. The van der Waals surface area contributed by atoms with Gasteiger partial charge in [0.05, 0.1) is 0 Å². The highest BCUT2D eigenvalue weighted by Gasteiger charge is 2.36. The van der Waals surface area contributed by atoms with Gasteiger partial charge in [0.1, 0.15) is 5.75 Å². The standard InChI is InChI=1S/C13H19NO/c1-9(2)10-4-5-12(15)11(8-10)13(14)6-3-7-13/h4-5,8-9,15H,3,6-7,14H2,1-2H3. The lowest BCUT2D eigenvalue weighted by Gasteiger charge is -2.39. The van der Waals surface area contributed by atoms with Crippen LogP contribution in [-0.2, 0) is 5.54 Å². The molecule has 0 spiro atoms. The summed E-state index contributed by atoms with van der Waals surface area (Å²) in [6.07, 6.45) is 3.14. The highest BCUT2D eigenvalue weighted by atomic mass is 16.3. The van der Waals surface area contributed by atoms with Crippen molar-refractivity contribution in [3.63, 3.8) is 0 Å². The molecule has 1 fully saturated rings. The van der Waals surface area contributed by atoms with E-state index < -0.39 is 0 Å². The molecule has 0 unspecified atom stereocenters. The zero-order valence-electron chi connectivity index (χ0n) is 9.46. The van der Waals surface area contributed by atoms with E-state index in [1.54, 1.807) is 6.07 Å². The van der Waals surface area contributed by atoms with Crippen LogP contribution in [0.4, 0.5) is 0 Å². The van der Waals surface area contributed by atoms with Crippen molar-refractivity contribution in [2.45, 2.75) is 44.6 Å². The van der Waals surface area contributed by atoms with Crippen LogP contribution in [0.2, 0.25) is 0 Å². The average molecular weight is 205 g/mol. The van der Waals surface area contributed by atoms with Crippen molar-refractivity contribution in [1.29, 1.82) is 0 Å². The molecule has 2 heteroatoms. The van der Waals surface area contributed by atoms with E-state index in [9.17, 15) is 5.11 Å². The Labute approximate surface area is 91.1 Å². The molecule has 0 saturated heterocycles. The van der Waals surface area contributed by atoms with Gasteiger partial charge in [0.25, 0.3) is 0 Å². The highest BCUT2D eigenvalue weighted by Crippen LogP contribution is 2.43. The first-order valence-electron chi connectivity index (χ1n) is 5.65. The SMILES string of the molecule is CC(C)c1ccc(O)c(C2(N)CCC2)c1. The summed E-state index contributed by atoms with van der Waals surface area (Å²) in [6, 6.07) is 5.82. The summed E-state index contributed by atoms with van der Waals surface area (Å²) in [5, 5.41) is 9.84. The molecule has 1 aliphatic rings. The van der Waals surface area contributed by atoms with Gasteiger partial charge in [0.15, 0.2) is 0 Å². The number of phenolic OH excluding ortho intramolecular Hbond substituents is 1. The smallest absolute Gasteiger partial charge is 0.120 e. The summed E-state index contributed by atoms with van der Waals surface area (Å²) >= 11 is 0. The maximum Gasteiger partial charge on any atom is 0.120 e. The minimum absolute atomic E-state index is 0.269. The van der Waals surface area contributed by atoms with Gasteiger partial charge in [-0.2, -0.15) is 0 Å². The molecule has 0 heterocycles. The van der Waals surface area contributed by atoms with E-state index >= 15 is 0 Å². The van der Waals surface area contributed by atoms with Gasteiger partial charge in [0.2, 0.25) is 0 Å². The summed E-state index contributed by atoms with van der Waals surface area (Å²) in [6.45, 7) is 4.31. The normalized spacial score (nSPS) is 18.9. The van der Waals surface area contributed by atoms with E-state index in [1.807, 2.05) is 6.07 Å². The third-order valence-electron chi connectivity index (χ3n) is 3.47. The van der Waals surface area contributed by atoms with Gasteiger partial charge in [-0.25, -0.2) is 0 Å². The Morgan fingerprint density at radius 1 is 1.33 bits per heavy atom. The number of rotatable bonds is 2. The summed E-state index contributed by atoms with van der Waals surface area (Å²) in [5.74, 6) is 0.828. The first-order valence-corrected chi connectivity index (χ1v) is 5.65. The number of hydrogen-bond acceptors (Lipinski definition) is 2. The molecule has 0 atom stereocenters. The Bertz CT molecular complexity index is 367. The first kappa shape index (κ1) is 10.5. The Morgan fingerprint density at radius 2 is 2.00 bits per heavy atom. The van der Waals surface area contributed by atoms with Crippen LogP contribution >= 0.6 is 0 Å². The van der Waals surface area contributed by atoms with Crippen LogP contribution in [0.3, 0.4) is 0 Å². The Balaban J connectivity index is 2.41. The second-order valence-corrected chi connectivity index (χ2v) is 4.94.